The van der Waals surface area contributed by atoms with Crippen molar-refractivity contribution in [2.45, 2.75) is 18.5 Å². The van der Waals surface area contributed by atoms with Crippen LogP contribution in [0.4, 0.5) is 10.1 Å². The molecular weight excluding hydrogens is 419 g/mol. The molecule has 2 aromatic heterocycles. The van der Waals surface area contributed by atoms with Gasteiger partial charge in [-0.2, -0.15) is 0 Å². The molecule has 0 atom stereocenters. The van der Waals surface area contributed by atoms with Crippen LogP contribution in [-0.2, 0) is 11.3 Å². The normalized spacial score (nSPS) is 10.9. The number of carbonyl (C=O) groups is 1. The van der Waals surface area contributed by atoms with Crippen LogP contribution in [0.1, 0.15) is 12.5 Å². The van der Waals surface area contributed by atoms with Crippen molar-refractivity contribution in [1.29, 1.82) is 0 Å². The van der Waals surface area contributed by atoms with E-state index in [2.05, 4.69) is 25.6 Å². The fourth-order valence-corrected chi connectivity index (χ4v) is 3.65. The zero-order chi connectivity index (χ0) is 21.6. The Labute approximate surface area is 181 Å². The van der Waals surface area contributed by atoms with E-state index in [0.717, 1.165) is 5.56 Å². The minimum Gasteiger partial charge on any atom is -0.492 e. The van der Waals surface area contributed by atoms with E-state index in [9.17, 15) is 9.18 Å². The summed E-state index contributed by atoms with van der Waals surface area (Å²) in [5.41, 5.74) is 2.54. The number of benzene rings is 2. The molecule has 0 saturated carbocycles. The number of rotatable bonds is 8. The molecule has 0 bridgehead atoms. The van der Waals surface area contributed by atoms with Gasteiger partial charge in [-0.25, -0.2) is 19.0 Å². The third-order valence-corrected chi connectivity index (χ3v) is 5.29. The van der Waals surface area contributed by atoms with E-state index >= 15 is 0 Å². The number of para-hydroxylation sites is 2. The van der Waals surface area contributed by atoms with Crippen LogP contribution >= 0.6 is 11.8 Å². The molecule has 8 nitrogen and oxygen atoms in total. The fraction of sp³-hybridized carbons (Fsp3) is 0.190. The van der Waals surface area contributed by atoms with Crippen LogP contribution in [0.3, 0.4) is 0 Å². The predicted octanol–water partition coefficient (Wildman–Crippen LogP) is 3.54. The monoisotopic (exact) mass is 438 g/mol. The summed E-state index contributed by atoms with van der Waals surface area (Å²) in [4.78, 5) is 21.0. The summed E-state index contributed by atoms with van der Waals surface area (Å²) >= 11 is 1.25. The Morgan fingerprint density at radius 2 is 1.97 bits per heavy atom. The quantitative estimate of drug-likeness (QED) is 0.332. The van der Waals surface area contributed by atoms with E-state index in [-0.39, 0.29) is 17.5 Å². The maximum Gasteiger partial charge on any atom is 0.234 e. The lowest BCUT2D eigenvalue weighted by molar-refractivity contribution is -0.113. The summed E-state index contributed by atoms with van der Waals surface area (Å²) in [7, 11) is 0. The molecule has 4 aromatic rings. The van der Waals surface area contributed by atoms with Crippen LogP contribution in [-0.4, -0.2) is 43.2 Å². The second-order valence-electron chi connectivity index (χ2n) is 6.49. The smallest absolute Gasteiger partial charge is 0.234 e. The summed E-state index contributed by atoms with van der Waals surface area (Å²) < 4.78 is 20.3. The van der Waals surface area contributed by atoms with E-state index in [1.807, 2.05) is 19.1 Å². The van der Waals surface area contributed by atoms with Crippen molar-refractivity contribution in [3.63, 3.8) is 0 Å². The number of hydrogen-bond acceptors (Lipinski definition) is 7. The molecule has 2 heterocycles. The summed E-state index contributed by atoms with van der Waals surface area (Å²) in [5, 5.41) is 11.7. The number of hydrogen-bond donors (Lipinski definition) is 1. The van der Waals surface area contributed by atoms with Crippen LogP contribution in [0.5, 0.6) is 5.75 Å². The first-order valence-electron chi connectivity index (χ1n) is 9.57. The molecule has 4 rings (SSSR count). The lowest BCUT2D eigenvalue weighted by Crippen LogP contribution is -2.15. The molecule has 1 N–H and O–H groups in total. The third kappa shape index (κ3) is 4.97. The SMILES string of the molecule is CCOc1ccccc1NC(=O)CSc1ncnc2c1nnn2Cc1ccc(F)cc1. The van der Waals surface area contributed by atoms with Crippen molar-refractivity contribution in [3.05, 3.63) is 66.2 Å². The van der Waals surface area contributed by atoms with E-state index < -0.39 is 0 Å². The first-order chi connectivity index (χ1) is 15.1. The number of aromatic nitrogens is 5. The van der Waals surface area contributed by atoms with E-state index in [4.69, 9.17) is 4.74 Å². The molecule has 0 fully saturated rings. The number of nitrogens with zero attached hydrogens (tertiary/aromatic N) is 5. The summed E-state index contributed by atoms with van der Waals surface area (Å²) in [6.45, 7) is 2.79. The van der Waals surface area contributed by atoms with Gasteiger partial charge in [0.15, 0.2) is 11.2 Å². The minimum atomic E-state index is -0.296. The van der Waals surface area contributed by atoms with Gasteiger partial charge in [0.1, 0.15) is 22.9 Å². The zero-order valence-corrected chi connectivity index (χ0v) is 17.5. The summed E-state index contributed by atoms with van der Waals surface area (Å²) in [6, 6.07) is 13.4. The first-order valence-corrected chi connectivity index (χ1v) is 10.6. The number of halogens is 1. The van der Waals surface area contributed by atoms with E-state index in [1.165, 1.54) is 30.2 Å². The van der Waals surface area contributed by atoms with Crippen molar-refractivity contribution < 1.29 is 13.9 Å². The van der Waals surface area contributed by atoms with Gasteiger partial charge in [0, 0.05) is 0 Å². The van der Waals surface area contributed by atoms with Crippen molar-refractivity contribution in [2.24, 2.45) is 0 Å². The second kappa shape index (κ2) is 9.52. The largest absolute Gasteiger partial charge is 0.492 e. The molecule has 1 amide bonds. The molecule has 0 spiro atoms. The molecule has 0 aliphatic rings. The Hall–Kier alpha value is -3.53. The van der Waals surface area contributed by atoms with Gasteiger partial charge in [0.2, 0.25) is 5.91 Å². The van der Waals surface area contributed by atoms with Gasteiger partial charge in [-0.3, -0.25) is 4.79 Å². The topological polar surface area (TPSA) is 94.8 Å². The number of anilines is 1. The number of amides is 1. The van der Waals surface area contributed by atoms with Crippen molar-refractivity contribution in [1.82, 2.24) is 25.0 Å². The van der Waals surface area contributed by atoms with Crippen molar-refractivity contribution >= 4 is 34.5 Å². The highest BCUT2D eigenvalue weighted by Gasteiger charge is 2.15. The van der Waals surface area contributed by atoms with Crippen molar-refractivity contribution in [3.8, 4) is 5.75 Å². The van der Waals surface area contributed by atoms with E-state index in [1.54, 1.807) is 28.9 Å². The Morgan fingerprint density at radius 1 is 1.16 bits per heavy atom. The highest BCUT2D eigenvalue weighted by molar-refractivity contribution is 8.00. The lowest BCUT2D eigenvalue weighted by atomic mass is 10.2. The minimum absolute atomic E-state index is 0.136. The lowest BCUT2D eigenvalue weighted by Gasteiger charge is -2.11. The molecule has 0 unspecified atom stereocenters. The predicted molar refractivity (Wildman–Crippen MR) is 116 cm³/mol. The van der Waals surface area contributed by atoms with Crippen LogP contribution in [0, 0.1) is 5.82 Å². The van der Waals surface area contributed by atoms with Gasteiger partial charge in [-0.05, 0) is 36.8 Å². The Kier molecular flexibility index (Phi) is 6.37. The average molecular weight is 438 g/mol. The van der Waals surface area contributed by atoms with E-state index in [0.29, 0.717) is 40.8 Å². The van der Waals surface area contributed by atoms with Gasteiger partial charge >= 0.3 is 0 Å². The van der Waals surface area contributed by atoms with Crippen LogP contribution in [0.2, 0.25) is 0 Å². The van der Waals surface area contributed by atoms with Gasteiger partial charge in [0.05, 0.1) is 24.6 Å². The molecule has 31 heavy (non-hydrogen) atoms. The molecule has 2 aromatic carbocycles. The van der Waals surface area contributed by atoms with Crippen molar-refractivity contribution in [2.75, 3.05) is 17.7 Å². The van der Waals surface area contributed by atoms with Gasteiger partial charge in [-0.15, -0.1) is 5.10 Å². The number of thioether (sulfide) groups is 1. The maximum absolute atomic E-state index is 13.1. The fourth-order valence-electron chi connectivity index (χ4n) is 2.92. The Balaban J connectivity index is 1.45. The van der Waals surface area contributed by atoms with Crippen LogP contribution in [0.15, 0.2) is 59.9 Å². The van der Waals surface area contributed by atoms with Gasteiger partial charge in [0.25, 0.3) is 0 Å². The summed E-state index contributed by atoms with van der Waals surface area (Å²) in [6.07, 6.45) is 1.41. The first kappa shape index (κ1) is 20.7. The highest BCUT2D eigenvalue weighted by Crippen LogP contribution is 2.26. The molecule has 158 valence electrons. The molecule has 0 radical (unpaired) electrons. The maximum atomic E-state index is 13.1. The molecule has 0 saturated heterocycles. The number of nitrogens with one attached hydrogen (secondary N) is 1. The van der Waals surface area contributed by atoms with Gasteiger partial charge in [-0.1, -0.05) is 41.2 Å². The number of carbonyl (C=O) groups excluding carboxylic acids is 1. The van der Waals surface area contributed by atoms with Gasteiger partial charge < -0.3 is 10.1 Å². The van der Waals surface area contributed by atoms with Crippen LogP contribution < -0.4 is 10.1 Å². The number of ether oxygens (including phenoxy) is 1. The molecule has 0 aliphatic carbocycles. The second-order valence-corrected chi connectivity index (χ2v) is 7.45. The average Bonchev–Trinajstić information content (AvgIpc) is 3.19. The highest BCUT2D eigenvalue weighted by atomic mass is 32.2. The zero-order valence-electron chi connectivity index (χ0n) is 16.7. The Morgan fingerprint density at radius 3 is 2.77 bits per heavy atom. The third-order valence-electron chi connectivity index (χ3n) is 4.31. The molecule has 0 aliphatic heterocycles. The van der Waals surface area contributed by atoms with Crippen LogP contribution in [0.25, 0.3) is 11.2 Å². The molecule has 10 heteroatoms. The Bertz CT molecular complexity index is 1200. The summed E-state index contributed by atoms with van der Waals surface area (Å²) in [5.74, 6) is 0.270. The standard InChI is InChI=1S/C21H19FN6O2S/c1-2-30-17-6-4-3-5-16(17)25-18(29)12-31-21-19-20(23-13-24-21)28(27-26-19)11-14-7-9-15(22)10-8-14/h3-10,13H,2,11-12H2,1H3,(H,25,29). The number of fused-ring (bicyclic) bond motifs is 1. The molecular formula is C21H19FN6O2S.